The van der Waals surface area contributed by atoms with Gasteiger partial charge in [0.1, 0.15) is 5.82 Å². The Labute approximate surface area is 106 Å². The van der Waals surface area contributed by atoms with Crippen molar-refractivity contribution in [3.63, 3.8) is 0 Å². The molecule has 0 spiro atoms. The van der Waals surface area contributed by atoms with E-state index in [0.29, 0.717) is 17.3 Å². The van der Waals surface area contributed by atoms with Gasteiger partial charge in [-0.25, -0.2) is 4.98 Å². The van der Waals surface area contributed by atoms with Crippen LogP contribution in [0.15, 0.2) is 33.5 Å². The second kappa shape index (κ2) is 4.58. The molecule has 0 amide bonds. The molecule has 0 aliphatic heterocycles. The number of ether oxygens (including phenoxy) is 1. The predicted octanol–water partition coefficient (Wildman–Crippen LogP) is 2.22. The van der Waals surface area contributed by atoms with Crippen LogP contribution in [0, 0.1) is 6.92 Å². The fourth-order valence-corrected chi connectivity index (χ4v) is 1.71. The van der Waals surface area contributed by atoms with Crippen LogP contribution in [0.4, 0.5) is 5.69 Å². The summed E-state index contributed by atoms with van der Waals surface area (Å²) in [5, 5.41) is 0. The molecule has 0 saturated carbocycles. The van der Waals surface area contributed by atoms with Gasteiger partial charge in [-0.3, -0.25) is 4.79 Å². The topological polar surface area (TPSA) is 81.0 Å². The van der Waals surface area contributed by atoms with Gasteiger partial charge in [0.25, 0.3) is 5.56 Å². The van der Waals surface area contributed by atoms with E-state index in [2.05, 4.69) is 25.9 Å². The van der Waals surface area contributed by atoms with E-state index in [1.54, 1.807) is 25.1 Å². The molecule has 0 aliphatic rings. The number of H-pyrrole nitrogens is 1. The number of aromatic amines is 1. The predicted molar refractivity (Wildman–Crippen MR) is 68.2 cm³/mol. The quantitative estimate of drug-likeness (QED) is 0.833. The molecule has 17 heavy (non-hydrogen) atoms. The zero-order chi connectivity index (χ0) is 12.4. The summed E-state index contributed by atoms with van der Waals surface area (Å²) >= 11 is 3.30. The van der Waals surface area contributed by atoms with E-state index in [1.165, 1.54) is 6.07 Å². The lowest BCUT2D eigenvalue weighted by Gasteiger charge is -2.07. The van der Waals surface area contributed by atoms with Crippen LogP contribution in [-0.2, 0) is 0 Å². The maximum Gasteiger partial charge on any atom is 0.254 e. The average molecular weight is 296 g/mol. The standard InChI is InChI=1S/C11H10BrN3O2/c1-6-14-10(16)5-11(15-6)17-9-3-2-7(12)4-8(9)13/h2-5H,13H2,1H3,(H,14,15,16). The monoisotopic (exact) mass is 295 g/mol. The maximum atomic E-state index is 11.2. The number of aryl methyl sites for hydroxylation is 1. The Balaban J connectivity index is 2.34. The fourth-order valence-electron chi connectivity index (χ4n) is 1.33. The third-order valence-corrected chi connectivity index (χ3v) is 2.52. The Hall–Kier alpha value is -1.82. The molecule has 1 heterocycles. The lowest BCUT2D eigenvalue weighted by molar-refractivity contribution is 0.461. The molecule has 0 unspecified atom stereocenters. The highest BCUT2D eigenvalue weighted by Gasteiger charge is 2.05. The minimum Gasteiger partial charge on any atom is -0.437 e. The minimum absolute atomic E-state index is 0.222. The Morgan fingerprint density at radius 3 is 2.82 bits per heavy atom. The summed E-state index contributed by atoms with van der Waals surface area (Å²) in [7, 11) is 0. The molecule has 0 fully saturated rings. The van der Waals surface area contributed by atoms with Crippen LogP contribution in [0.2, 0.25) is 0 Å². The molecule has 0 bridgehead atoms. The van der Waals surface area contributed by atoms with E-state index < -0.39 is 0 Å². The van der Waals surface area contributed by atoms with Gasteiger partial charge in [-0.15, -0.1) is 0 Å². The van der Waals surface area contributed by atoms with Crippen LogP contribution in [0.1, 0.15) is 5.82 Å². The number of benzene rings is 1. The third kappa shape index (κ3) is 2.85. The first-order valence-corrected chi connectivity index (χ1v) is 5.65. The highest BCUT2D eigenvalue weighted by atomic mass is 79.9. The van der Waals surface area contributed by atoms with Crippen LogP contribution >= 0.6 is 15.9 Å². The van der Waals surface area contributed by atoms with Crippen molar-refractivity contribution in [3.05, 3.63) is 44.9 Å². The number of nitrogens with zero attached hydrogens (tertiary/aromatic N) is 1. The van der Waals surface area contributed by atoms with Gasteiger partial charge in [0.15, 0.2) is 5.75 Å². The molecule has 2 aromatic rings. The van der Waals surface area contributed by atoms with E-state index in [9.17, 15) is 4.79 Å². The zero-order valence-corrected chi connectivity index (χ0v) is 10.6. The van der Waals surface area contributed by atoms with Gasteiger partial charge in [-0.05, 0) is 25.1 Å². The molecule has 3 N–H and O–H groups in total. The Morgan fingerprint density at radius 1 is 1.41 bits per heavy atom. The molecular formula is C11H10BrN3O2. The average Bonchev–Trinajstić information content (AvgIpc) is 2.21. The smallest absolute Gasteiger partial charge is 0.254 e. The van der Waals surface area contributed by atoms with Crippen LogP contribution in [0.3, 0.4) is 0 Å². The number of nitrogen functional groups attached to an aromatic ring is 1. The van der Waals surface area contributed by atoms with Gasteiger partial charge in [-0.2, -0.15) is 0 Å². The Morgan fingerprint density at radius 2 is 2.18 bits per heavy atom. The lowest BCUT2D eigenvalue weighted by Crippen LogP contribution is -2.08. The second-order valence-corrected chi connectivity index (χ2v) is 4.37. The lowest BCUT2D eigenvalue weighted by atomic mass is 10.3. The molecule has 0 saturated heterocycles. The first-order valence-electron chi connectivity index (χ1n) is 4.85. The fraction of sp³-hybridized carbons (Fsp3) is 0.0909. The Kier molecular flexibility index (Phi) is 3.14. The molecule has 0 aliphatic carbocycles. The van der Waals surface area contributed by atoms with Gasteiger partial charge in [0, 0.05) is 4.47 Å². The number of nitrogens with one attached hydrogen (secondary N) is 1. The summed E-state index contributed by atoms with van der Waals surface area (Å²) in [4.78, 5) is 17.8. The third-order valence-electron chi connectivity index (χ3n) is 2.02. The molecule has 5 nitrogen and oxygen atoms in total. The number of nitrogens with two attached hydrogens (primary N) is 1. The molecule has 88 valence electrons. The first kappa shape index (κ1) is 11.7. The van der Waals surface area contributed by atoms with Gasteiger partial charge in [0.2, 0.25) is 5.88 Å². The molecule has 2 rings (SSSR count). The van der Waals surface area contributed by atoms with Crippen molar-refractivity contribution in [1.29, 1.82) is 0 Å². The van der Waals surface area contributed by atoms with Crippen LogP contribution in [0.5, 0.6) is 11.6 Å². The van der Waals surface area contributed by atoms with Crippen molar-refractivity contribution < 1.29 is 4.74 Å². The molecule has 0 radical (unpaired) electrons. The zero-order valence-electron chi connectivity index (χ0n) is 9.03. The normalized spacial score (nSPS) is 10.2. The summed E-state index contributed by atoms with van der Waals surface area (Å²) < 4.78 is 6.31. The van der Waals surface area contributed by atoms with Crippen LogP contribution in [0.25, 0.3) is 0 Å². The first-order chi connectivity index (χ1) is 8.04. The van der Waals surface area contributed by atoms with Gasteiger partial charge >= 0.3 is 0 Å². The van der Waals surface area contributed by atoms with Crippen molar-refractivity contribution in [2.45, 2.75) is 6.92 Å². The van der Waals surface area contributed by atoms with Gasteiger partial charge < -0.3 is 15.5 Å². The highest BCUT2D eigenvalue weighted by Crippen LogP contribution is 2.28. The molecule has 1 aromatic carbocycles. The SMILES string of the molecule is Cc1nc(Oc2ccc(Br)cc2N)cc(=O)[nH]1. The van der Waals surface area contributed by atoms with Crippen molar-refractivity contribution in [3.8, 4) is 11.6 Å². The number of aromatic nitrogens is 2. The number of anilines is 1. The van der Waals surface area contributed by atoms with Crippen molar-refractivity contribution in [2.75, 3.05) is 5.73 Å². The van der Waals surface area contributed by atoms with Crippen LogP contribution in [-0.4, -0.2) is 9.97 Å². The van der Waals surface area contributed by atoms with Crippen LogP contribution < -0.4 is 16.0 Å². The van der Waals surface area contributed by atoms with Gasteiger partial charge in [-0.1, -0.05) is 15.9 Å². The number of rotatable bonds is 2. The Bertz CT molecular complexity index is 610. The highest BCUT2D eigenvalue weighted by molar-refractivity contribution is 9.10. The van der Waals surface area contributed by atoms with Gasteiger partial charge in [0.05, 0.1) is 11.8 Å². The van der Waals surface area contributed by atoms with Crippen molar-refractivity contribution in [2.24, 2.45) is 0 Å². The summed E-state index contributed by atoms with van der Waals surface area (Å²) in [6.45, 7) is 1.68. The van der Waals surface area contributed by atoms with E-state index in [4.69, 9.17) is 10.5 Å². The maximum absolute atomic E-state index is 11.2. The minimum atomic E-state index is -0.261. The summed E-state index contributed by atoms with van der Waals surface area (Å²) in [6.07, 6.45) is 0. The number of halogens is 1. The van der Waals surface area contributed by atoms with E-state index >= 15 is 0 Å². The van der Waals surface area contributed by atoms with E-state index in [0.717, 1.165) is 4.47 Å². The number of hydrogen-bond donors (Lipinski definition) is 2. The second-order valence-electron chi connectivity index (χ2n) is 3.45. The van der Waals surface area contributed by atoms with E-state index in [1.807, 2.05) is 0 Å². The number of hydrogen-bond acceptors (Lipinski definition) is 4. The van der Waals surface area contributed by atoms with Crippen molar-refractivity contribution >= 4 is 21.6 Å². The molecule has 1 aromatic heterocycles. The van der Waals surface area contributed by atoms with Crippen molar-refractivity contribution in [1.82, 2.24) is 9.97 Å². The summed E-state index contributed by atoms with van der Waals surface area (Å²) in [5.74, 6) is 1.18. The molecular weight excluding hydrogens is 286 g/mol. The summed E-state index contributed by atoms with van der Waals surface area (Å²) in [5.41, 5.74) is 5.99. The molecule has 6 heteroatoms. The largest absolute Gasteiger partial charge is 0.437 e. The molecule has 0 atom stereocenters. The van der Waals surface area contributed by atoms with E-state index in [-0.39, 0.29) is 11.4 Å². The summed E-state index contributed by atoms with van der Waals surface area (Å²) in [6, 6.07) is 6.49.